The largest absolute Gasteiger partial charge is 0.350 e. The topological polar surface area (TPSA) is 46.9 Å². The molecule has 1 aromatic carbocycles. The number of benzene rings is 1. The van der Waals surface area contributed by atoms with E-state index in [-0.39, 0.29) is 11.9 Å². The molecule has 4 heteroatoms. The number of carbonyl (C=O) groups excluding carboxylic acids is 1. The Morgan fingerprint density at radius 3 is 2.75 bits per heavy atom. The maximum absolute atomic E-state index is 12.8. The van der Waals surface area contributed by atoms with Gasteiger partial charge in [0.2, 0.25) is 0 Å². The molecular formula is C20H23N3O. The van der Waals surface area contributed by atoms with Gasteiger partial charge in [0.15, 0.2) is 0 Å². The van der Waals surface area contributed by atoms with Gasteiger partial charge in [0, 0.05) is 24.7 Å². The Bertz CT molecular complexity index is 895. The highest BCUT2D eigenvalue weighted by atomic mass is 16.1. The quantitative estimate of drug-likeness (QED) is 0.787. The fourth-order valence-electron chi connectivity index (χ4n) is 2.79. The van der Waals surface area contributed by atoms with Crippen molar-refractivity contribution >= 4 is 16.8 Å². The minimum Gasteiger partial charge on any atom is -0.350 e. The minimum atomic E-state index is -0.0437. The van der Waals surface area contributed by atoms with Crippen LogP contribution >= 0.6 is 0 Å². The Labute approximate surface area is 142 Å². The molecule has 0 fully saturated rings. The zero-order chi connectivity index (χ0) is 17.3. The maximum atomic E-state index is 12.8. The van der Waals surface area contributed by atoms with Crippen molar-refractivity contribution in [1.29, 1.82) is 0 Å². The van der Waals surface area contributed by atoms with Crippen molar-refractivity contribution in [3.63, 3.8) is 0 Å². The summed E-state index contributed by atoms with van der Waals surface area (Å²) in [5.41, 5.74) is 4.45. The first kappa shape index (κ1) is 16.2. The molecule has 4 nitrogen and oxygen atoms in total. The SMILES string of the molecule is CCC(C)NC(=O)c1cc(-c2cccn2C)nc2ccc(C)cc12. The number of hydrogen-bond donors (Lipinski definition) is 1. The van der Waals surface area contributed by atoms with Gasteiger partial charge in [-0.25, -0.2) is 4.98 Å². The van der Waals surface area contributed by atoms with E-state index in [0.717, 1.165) is 34.3 Å². The third-order valence-electron chi connectivity index (χ3n) is 4.40. The predicted octanol–water partition coefficient (Wildman–Crippen LogP) is 4.08. The zero-order valence-electron chi connectivity index (χ0n) is 14.6. The molecule has 3 aromatic rings. The van der Waals surface area contributed by atoms with Crippen LogP contribution in [0.25, 0.3) is 22.3 Å². The van der Waals surface area contributed by atoms with Crippen molar-refractivity contribution in [2.45, 2.75) is 33.2 Å². The van der Waals surface area contributed by atoms with E-state index in [1.807, 2.05) is 68.1 Å². The molecule has 0 bridgehead atoms. The van der Waals surface area contributed by atoms with Crippen molar-refractivity contribution in [3.8, 4) is 11.4 Å². The molecule has 0 aliphatic rings. The summed E-state index contributed by atoms with van der Waals surface area (Å²) >= 11 is 0. The molecule has 124 valence electrons. The monoisotopic (exact) mass is 321 g/mol. The number of pyridine rings is 1. The van der Waals surface area contributed by atoms with Crippen LogP contribution in [0.15, 0.2) is 42.6 Å². The van der Waals surface area contributed by atoms with Crippen LogP contribution in [0.1, 0.15) is 36.2 Å². The second-order valence-electron chi connectivity index (χ2n) is 6.36. The van der Waals surface area contributed by atoms with Gasteiger partial charge in [0.05, 0.1) is 22.5 Å². The van der Waals surface area contributed by atoms with E-state index in [1.165, 1.54) is 0 Å². The first-order chi connectivity index (χ1) is 11.5. The van der Waals surface area contributed by atoms with Crippen LogP contribution in [0.5, 0.6) is 0 Å². The van der Waals surface area contributed by atoms with E-state index < -0.39 is 0 Å². The normalized spacial score (nSPS) is 12.3. The van der Waals surface area contributed by atoms with Crippen molar-refractivity contribution in [1.82, 2.24) is 14.9 Å². The molecular weight excluding hydrogens is 298 g/mol. The zero-order valence-corrected chi connectivity index (χ0v) is 14.6. The number of nitrogens with zero attached hydrogens (tertiary/aromatic N) is 2. The lowest BCUT2D eigenvalue weighted by Crippen LogP contribution is -2.32. The van der Waals surface area contributed by atoms with Gasteiger partial charge >= 0.3 is 0 Å². The van der Waals surface area contributed by atoms with Gasteiger partial charge in [0.1, 0.15) is 0 Å². The van der Waals surface area contributed by atoms with Gasteiger partial charge in [-0.1, -0.05) is 18.6 Å². The summed E-state index contributed by atoms with van der Waals surface area (Å²) < 4.78 is 2.01. The summed E-state index contributed by atoms with van der Waals surface area (Å²) in [5, 5.41) is 3.97. The fourth-order valence-corrected chi connectivity index (χ4v) is 2.79. The first-order valence-corrected chi connectivity index (χ1v) is 8.33. The second kappa shape index (κ2) is 6.48. The van der Waals surface area contributed by atoms with Crippen LogP contribution < -0.4 is 5.32 Å². The highest BCUT2D eigenvalue weighted by molar-refractivity contribution is 6.07. The van der Waals surface area contributed by atoms with Crippen molar-refractivity contribution in [2.75, 3.05) is 0 Å². The molecule has 1 atom stereocenters. The summed E-state index contributed by atoms with van der Waals surface area (Å²) in [7, 11) is 1.98. The molecule has 1 amide bonds. The molecule has 1 N–H and O–H groups in total. The molecule has 0 saturated heterocycles. The van der Waals surface area contributed by atoms with E-state index >= 15 is 0 Å². The number of nitrogens with one attached hydrogen (secondary N) is 1. The summed E-state index contributed by atoms with van der Waals surface area (Å²) in [4.78, 5) is 17.6. The van der Waals surface area contributed by atoms with Crippen LogP contribution in [0.4, 0.5) is 0 Å². The molecule has 0 spiro atoms. The van der Waals surface area contributed by atoms with Gasteiger partial charge in [0.25, 0.3) is 5.91 Å². The van der Waals surface area contributed by atoms with Crippen molar-refractivity contribution in [3.05, 3.63) is 53.7 Å². The molecule has 0 aliphatic carbocycles. The van der Waals surface area contributed by atoms with Crippen LogP contribution in [0.3, 0.4) is 0 Å². The molecule has 1 unspecified atom stereocenters. The van der Waals surface area contributed by atoms with E-state index in [4.69, 9.17) is 4.98 Å². The third-order valence-corrected chi connectivity index (χ3v) is 4.40. The van der Waals surface area contributed by atoms with E-state index in [9.17, 15) is 4.79 Å². The fraction of sp³-hybridized carbons (Fsp3) is 0.300. The standard InChI is InChI=1S/C20H23N3O/c1-5-14(3)21-20(24)16-12-18(19-7-6-10-23(19)4)22-17-9-8-13(2)11-15(16)17/h6-12,14H,5H2,1-4H3,(H,21,24). The average molecular weight is 321 g/mol. The Kier molecular flexibility index (Phi) is 4.38. The molecule has 2 heterocycles. The van der Waals surface area contributed by atoms with E-state index in [2.05, 4.69) is 12.2 Å². The van der Waals surface area contributed by atoms with Gasteiger partial charge in [-0.3, -0.25) is 4.79 Å². The van der Waals surface area contributed by atoms with Crippen LogP contribution in [-0.2, 0) is 7.05 Å². The van der Waals surface area contributed by atoms with Crippen molar-refractivity contribution in [2.24, 2.45) is 7.05 Å². The maximum Gasteiger partial charge on any atom is 0.252 e. The summed E-state index contributed by atoms with van der Waals surface area (Å²) in [6.07, 6.45) is 2.88. The number of amides is 1. The smallest absolute Gasteiger partial charge is 0.252 e. The number of fused-ring (bicyclic) bond motifs is 1. The molecule has 0 saturated carbocycles. The highest BCUT2D eigenvalue weighted by Gasteiger charge is 2.16. The Balaban J connectivity index is 2.19. The van der Waals surface area contributed by atoms with Gasteiger partial charge in [-0.2, -0.15) is 0 Å². The molecule has 3 rings (SSSR count). The summed E-state index contributed by atoms with van der Waals surface area (Å²) in [6.45, 7) is 6.11. The predicted molar refractivity (Wildman–Crippen MR) is 98.1 cm³/mol. The van der Waals surface area contributed by atoms with Crippen LogP contribution in [-0.4, -0.2) is 21.5 Å². The highest BCUT2D eigenvalue weighted by Crippen LogP contribution is 2.26. The summed E-state index contributed by atoms with van der Waals surface area (Å²) in [5.74, 6) is -0.0437. The Morgan fingerprint density at radius 1 is 1.29 bits per heavy atom. The second-order valence-corrected chi connectivity index (χ2v) is 6.36. The minimum absolute atomic E-state index is 0.0437. The number of carbonyl (C=O) groups is 1. The van der Waals surface area contributed by atoms with Crippen LogP contribution in [0.2, 0.25) is 0 Å². The lowest BCUT2D eigenvalue weighted by molar-refractivity contribution is 0.0941. The molecule has 0 aliphatic heterocycles. The number of hydrogen-bond acceptors (Lipinski definition) is 2. The van der Waals surface area contributed by atoms with Gasteiger partial charge in [-0.05, 0) is 50.6 Å². The van der Waals surface area contributed by atoms with Crippen LogP contribution in [0, 0.1) is 6.92 Å². The lowest BCUT2D eigenvalue weighted by Gasteiger charge is -2.14. The first-order valence-electron chi connectivity index (χ1n) is 8.33. The number of aromatic nitrogens is 2. The van der Waals surface area contributed by atoms with E-state index in [1.54, 1.807) is 0 Å². The average Bonchev–Trinajstić information content (AvgIpc) is 2.99. The number of aryl methyl sites for hydroxylation is 2. The van der Waals surface area contributed by atoms with Gasteiger partial charge < -0.3 is 9.88 Å². The van der Waals surface area contributed by atoms with Crippen molar-refractivity contribution < 1.29 is 4.79 Å². The molecule has 2 aromatic heterocycles. The van der Waals surface area contributed by atoms with Gasteiger partial charge in [-0.15, -0.1) is 0 Å². The Hall–Kier alpha value is -2.62. The molecule has 0 radical (unpaired) electrons. The number of rotatable bonds is 4. The summed E-state index contributed by atoms with van der Waals surface area (Å²) in [6, 6.07) is 12.1. The lowest BCUT2D eigenvalue weighted by atomic mass is 10.0. The molecule has 24 heavy (non-hydrogen) atoms. The Morgan fingerprint density at radius 2 is 2.08 bits per heavy atom. The third kappa shape index (κ3) is 3.04. The van der Waals surface area contributed by atoms with E-state index in [0.29, 0.717) is 5.56 Å².